The maximum absolute atomic E-state index is 14.8. The molecule has 3 aliphatic rings. The highest BCUT2D eigenvalue weighted by atomic mass is 19.1. The Morgan fingerprint density at radius 3 is 2.72 bits per heavy atom. The zero-order valence-electron chi connectivity index (χ0n) is 23.3. The summed E-state index contributed by atoms with van der Waals surface area (Å²) in [4.78, 5) is 40.4. The van der Waals surface area contributed by atoms with Gasteiger partial charge in [-0.2, -0.15) is 0 Å². The first-order valence-corrected chi connectivity index (χ1v) is 12.1. The molecule has 2 saturated heterocycles. The number of imide groups is 1. The number of hydrogen-bond donors (Lipinski definition) is 2. The van der Waals surface area contributed by atoms with Crippen LogP contribution in [0.5, 0.6) is 0 Å². The molecule has 2 aromatic carbocycles. The molecular formula is C27H31FN4O4. The molecule has 0 saturated carbocycles. The van der Waals surface area contributed by atoms with Gasteiger partial charge in [0.1, 0.15) is 11.8 Å². The van der Waals surface area contributed by atoms with E-state index in [0.717, 1.165) is 18.7 Å². The smallest absolute Gasteiger partial charge is 0.255 e. The van der Waals surface area contributed by atoms with Crippen LogP contribution in [0.15, 0.2) is 36.4 Å². The van der Waals surface area contributed by atoms with Crippen molar-refractivity contribution < 1.29 is 27.6 Å². The number of carbonyl (C=O) groups excluding carboxylic acids is 3. The van der Waals surface area contributed by atoms with Gasteiger partial charge in [0.25, 0.3) is 5.91 Å². The number of nitrogens with zero attached hydrogens (tertiary/aromatic N) is 2. The second kappa shape index (κ2) is 9.99. The number of anilines is 1. The second-order valence-electron chi connectivity index (χ2n) is 9.54. The molecule has 8 nitrogen and oxygen atoms in total. The Hall–Kier alpha value is -3.30. The molecule has 9 heteroatoms. The molecular weight excluding hydrogens is 463 g/mol. The number of carbonyl (C=O) groups is 3. The van der Waals surface area contributed by atoms with E-state index in [-0.39, 0.29) is 48.4 Å². The summed E-state index contributed by atoms with van der Waals surface area (Å²) in [6.45, 7) is 3.72. The Morgan fingerprint density at radius 1 is 1.19 bits per heavy atom. The molecule has 2 N–H and O–H groups in total. The summed E-state index contributed by atoms with van der Waals surface area (Å²) in [6, 6.07) is 7.20. The number of piperidine rings is 1. The Morgan fingerprint density at radius 2 is 1.97 bits per heavy atom. The first-order valence-electron chi connectivity index (χ1n) is 13.6. The van der Waals surface area contributed by atoms with Crippen LogP contribution >= 0.6 is 0 Å². The number of hydrogen-bond acceptors (Lipinski definition) is 6. The number of morpholine rings is 1. The molecule has 0 radical (unpaired) electrons. The minimum absolute atomic E-state index is 0.00565. The molecule has 0 bridgehead atoms. The number of ether oxygens (including phenoxy) is 1. The Balaban J connectivity index is 1.38. The second-order valence-corrected chi connectivity index (χ2v) is 9.54. The fourth-order valence-corrected chi connectivity index (χ4v) is 5.02. The number of nitrogens with one attached hydrogen (secondary N) is 2. The predicted octanol–water partition coefficient (Wildman–Crippen LogP) is 2.81. The molecule has 0 spiro atoms. The van der Waals surface area contributed by atoms with Crippen molar-refractivity contribution >= 4 is 23.4 Å². The molecule has 36 heavy (non-hydrogen) atoms. The minimum Gasteiger partial charge on any atom is -0.381 e. The van der Waals surface area contributed by atoms with E-state index in [4.69, 9.17) is 8.85 Å². The molecule has 0 aromatic heterocycles. The third-order valence-corrected chi connectivity index (χ3v) is 6.58. The van der Waals surface area contributed by atoms with Crippen LogP contribution in [0.25, 0.3) is 0 Å². The number of halogens is 1. The van der Waals surface area contributed by atoms with Gasteiger partial charge in [0.05, 0.1) is 16.3 Å². The third kappa shape index (κ3) is 4.99. The molecule has 3 amide bonds. The average molecular weight is 498 g/mol. The molecule has 3 heterocycles. The minimum atomic E-state index is -2.53. The topological polar surface area (TPSA) is 91.0 Å². The number of benzene rings is 2. The van der Waals surface area contributed by atoms with Crippen LogP contribution in [-0.4, -0.2) is 58.8 Å². The molecule has 0 aliphatic carbocycles. The van der Waals surface area contributed by atoms with Crippen molar-refractivity contribution in [2.75, 3.05) is 18.4 Å². The van der Waals surface area contributed by atoms with Crippen molar-refractivity contribution in [3.63, 3.8) is 0 Å². The van der Waals surface area contributed by atoms with Crippen LogP contribution < -0.4 is 10.6 Å². The van der Waals surface area contributed by atoms with E-state index in [1.807, 2.05) is 19.2 Å². The molecule has 5 rings (SSSR count). The first-order chi connectivity index (χ1) is 18.4. The lowest BCUT2D eigenvalue weighted by atomic mass is 10.0. The van der Waals surface area contributed by atoms with E-state index in [9.17, 15) is 18.8 Å². The van der Waals surface area contributed by atoms with Crippen LogP contribution in [0.4, 0.5) is 10.1 Å². The molecule has 3 aliphatic heterocycles. The highest BCUT2D eigenvalue weighted by molar-refractivity contribution is 6.06. The number of fused-ring (bicyclic) bond motifs is 1. The van der Waals surface area contributed by atoms with Gasteiger partial charge in [-0.05, 0) is 50.1 Å². The van der Waals surface area contributed by atoms with Crippen LogP contribution in [0.2, 0.25) is 0 Å². The van der Waals surface area contributed by atoms with Gasteiger partial charge in [-0.3, -0.25) is 24.6 Å². The molecule has 2 fully saturated rings. The van der Waals surface area contributed by atoms with Gasteiger partial charge in [-0.1, -0.05) is 12.1 Å². The van der Waals surface area contributed by atoms with E-state index in [1.165, 1.54) is 12.1 Å². The highest BCUT2D eigenvalue weighted by Crippen LogP contribution is 2.32. The van der Waals surface area contributed by atoms with Gasteiger partial charge < -0.3 is 15.0 Å². The summed E-state index contributed by atoms with van der Waals surface area (Å²) in [6.07, 6.45) is -0.293. The van der Waals surface area contributed by atoms with Gasteiger partial charge in [0.2, 0.25) is 11.8 Å². The van der Waals surface area contributed by atoms with E-state index >= 15 is 0 Å². The summed E-state index contributed by atoms with van der Waals surface area (Å²) in [5.74, 6) is -2.85. The summed E-state index contributed by atoms with van der Waals surface area (Å²) in [5, 5.41) is 5.11. The quantitative estimate of drug-likeness (QED) is 0.597. The maximum Gasteiger partial charge on any atom is 0.255 e. The van der Waals surface area contributed by atoms with Crippen LogP contribution in [0, 0.1) is 5.82 Å². The van der Waals surface area contributed by atoms with Crippen LogP contribution in [-0.2, 0) is 33.9 Å². The zero-order chi connectivity index (χ0) is 28.1. The largest absolute Gasteiger partial charge is 0.381 e. The lowest BCUT2D eigenvalue weighted by molar-refractivity contribution is -0.136. The molecule has 3 unspecified atom stereocenters. The van der Waals surface area contributed by atoms with Crippen molar-refractivity contribution in [1.29, 1.82) is 0 Å². The third-order valence-electron chi connectivity index (χ3n) is 6.58. The average Bonchev–Trinajstić information content (AvgIpc) is 3.07. The lowest BCUT2D eigenvalue weighted by Gasteiger charge is -2.35. The Kier molecular flexibility index (Phi) is 5.78. The van der Waals surface area contributed by atoms with Gasteiger partial charge >= 0.3 is 0 Å². The van der Waals surface area contributed by atoms with Gasteiger partial charge in [0, 0.05) is 61.5 Å². The van der Waals surface area contributed by atoms with E-state index < -0.39 is 36.1 Å². The maximum atomic E-state index is 14.8. The normalized spacial score (nSPS) is 29.2. The van der Waals surface area contributed by atoms with E-state index in [1.54, 1.807) is 24.3 Å². The summed E-state index contributed by atoms with van der Waals surface area (Å²) in [5.41, 5.74) is 1.54. The van der Waals surface area contributed by atoms with Crippen molar-refractivity contribution in [1.82, 2.24) is 15.1 Å². The van der Waals surface area contributed by atoms with Gasteiger partial charge in [-0.15, -0.1) is 0 Å². The zero-order valence-corrected chi connectivity index (χ0v) is 20.3. The fraction of sp³-hybridized carbons (Fsp3) is 0.444. The Labute approximate surface area is 214 Å². The molecule has 190 valence electrons. The molecule has 2 aromatic rings. The Bertz CT molecular complexity index is 1330. The summed E-state index contributed by atoms with van der Waals surface area (Å²) >= 11 is 0. The van der Waals surface area contributed by atoms with Crippen molar-refractivity contribution in [3.05, 3.63) is 64.5 Å². The first kappa shape index (κ1) is 20.8. The number of amides is 3. The van der Waals surface area contributed by atoms with Crippen molar-refractivity contribution in [2.24, 2.45) is 0 Å². The van der Waals surface area contributed by atoms with E-state index in [0.29, 0.717) is 17.0 Å². The van der Waals surface area contributed by atoms with Gasteiger partial charge in [0.15, 0.2) is 0 Å². The van der Waals surface area contributed by atoms with Crippen molar-refractivity contribution in [3.8, 4) is 0 Å². The van der Waals surface area contributed by atoms with E-state index in [2.05, 4.69) is 10.2 Å². The predicted molar refractivity (Wildman–Crippen MR) is 131 cm³/mol. The number of rotatable bonds is 6. The highest BCUT2D eigenvalue weighted by Gasteiger charge is 2.39. The molecule has 3 atom stereocenters. The van der Waals surface area contributed by atoms with Crippen LogP contribution in [0.3, 0.4) is 0 Å². The lowest BCUT2D eigenvalue weighted by Crippen LogP contribution is -2.52. The van der Waals surface area contributed by atoms with Crippen molar-refractivity contribution in [2.45, 2.75) is 64.5 Å². The SMILES string of the molecule is [2H]C1(N2C(=O)c3cccc(NCc4cc(CN5CC(C)OC(C)C5)ccc4F)c3C2([2H])[2H])CCC(=O)NC1=O. The summed E-state index contributed by atoms with van der Waals surface area (Å²) < 4.78 is 46.8. The monoisotopic (exact) mass is 497 g/mol. The van der Waals surface area contributed by atoms with Gasteiger partial charge in [-0.25, -0.2) is 4.39 Å². The standard InChI is InChI=1S/C27H31FN4O4/c1-16-12-31(13-17(2)36-16)14-18-6-7-22(28)19(10-18)11-29-23-5-3-4-20-21(23)15-32(27(20)35)24-8-9-25(33)30-26(24)34/h3-7,10,16-17,24,29H,8-9,11-15H2,1-2H3,(H,30,33,34)/i15D2,24D. The fourth-order valence-electron chi connectivity index (χ4n) is 5.02. The summed E-state index contributed by atoms with van der Waals surface area (Å²) in [7, 11) is 0. The van der Waals surface area contributed by atoms with Crippen LogP contribution in [0.1, 0.15) is 57.8 Å².